The van der Waals surface area contributed by atoms with E-state index >= 15 is 0 Å². The topological polar surface area (TPSA) is 66.0 Å². The van der Waals surface area contributed by atoms with Gasteiger partial charge in [0.15, 0.2) is 17.6 Å². The standard InChI is InChI=1S/C12H12Cl2F3N2.C7H8O3S/c1-3-18-7(2)19(6-12(15,16)17)11-5-9(14)8(13)4-10(11)18;1-6-2-4-7(5-3-6)11(8,9)10/h4-5H,3,6H2,1-2H3;2-5H,1H3,(H,8,9,10)/q+1;/p-1. The molecule has 11 heteroatoms. The van der Waals surface area contributed by atoms with Gasteiger partial charge in [0.1, 0.15) is 10.1 Å². The quantitative estimate of drug-likeness (QED) is 0.388. The van der Waals surface area contributed by atoms with E-state index in [-0.39, 0.29) is 9.92 Å². The van der Waals surface area contributed by atoms with Crippen LogP contribution in [0.2, 0.25) is 10.0 Å². The van der Waals surface area contributed by atoms with Crippen molar-refractivity contribution in [1.29, 1.82) is 0 Å². The van der Waals surface area contributed by atoms with Crippen molar-refractivity contribution in [3.8, 4) is 0 Å². The zero-order valence-electron chi connectivity index (χ0n) is 16.3. The van der Waals surface area contributed by atoms with E-state index in [1.807, 2.05) is 13.8 Å². The van der Waals surface area contributed by atoms with Crippen LogP contribution in [0, 0.1) is 13.8 Å². The number of imidazole rings is 1. The highest BCUT2D eigenvalue weighted by atomic mass is 35.5. The van der Waals surface area contributed by atoms with E-state index in [1.54, 1.807) is 29.7 Å². The highest BCUT2D eigenvalue weighted by Crippen LogP contribution is 2.29. The molecule has 3 aromatic rings. The van der Waals surface area contributed by atoms with Crippen molar-refractivity contribution in [1.82, 2.24) is 4.57 Å². The molecule has 0 saturated carbocycles. The van der Waals surface area contributed by atoms with Crippen molar-refractivity contribution in [2.24, 2.45) is 0 Å². The van der Waals surface area contributed by atoms with Crippen LogP contribution in [0.3, 0.4) is 0 Å². The Morgan fingerprint density at radius 3 is 2.07 bits per heavy atom. The van der Waals surface area contributed by atoms with Crippen molar-refractivity contribution in [2.45, 2.75) is 44.9 Å². The summed E-state index contributed by atoms with van der Waals surface area (Å²) in [6, 6.07) is 8.86. The van der Waals surface area contributed by atoms with Crippen molar-refractivity contribution in [3.63, 3.8) is 0 Å². The largest absolute Gasteiger partial charge is 0.744 e. The van der Waals surface area contributed by atoms with Crippen LogP contribution in [0.5, 0.6) is 0 Å². The third-order valence-corrected chi connectivity index (χ3v) is 5.92. The van der Waals surface area contributed by atoms with Crippen LogP contribution in [0.15, 0.2) is 41.3 Å². The molecule has 0 spiro atoms. The molecule has 0 aliphatic carbocycles. The Labute approximate surface area is 182 Å². The fourth-order valence-electron chi connectivity index (χ4n) is 2.94. The second-order valence-electron chi connectivity index (χ2n) is 6.52. The van der Waals surface area contributed by atoms with Crippen LogP contribution in [0.25, 0.3) is 11.0 Å². The second kappa shape index (κ2) is 9.13. The monoisotopic (exact) mass is 482 g/mol. The minimum Gasteiger partial charge on any atom is -0.744 e. The average Bonchev–Trinajstić information content (AvgIpc) is 2.85. The van der Waals surface area contributed by atoms with Crippen molar-refractivity contribution >= 4 is 44.4 Å². The number of rotatable bonds is 3. The first kappa shape index (κ1) is 24.5. The molecule has 1 aromatic heterocycles. The summed E-state index contributed by atoms with van der Waals surface area (Å²) in [6.07, 6.45) is -4.28. The molecule has 0 fully saturated rings. The molecule has 164 valence electrons. The summed E-state index contributed by atoms with van der Waals surface area (Å²) in [5, 5.41) is 0.582. The number of alkyl halides is 3. The molecule has 0 saturated heterocycles. The Kier molecular flexibility index (Phi) is 7.45. The number of aromatic nitrogens is 2. The maximum atomic E-state index is 12.7. The molecule has 1 heterocycles. The SMILES string of the molecule is CC[n+]1c(C)n(CC(F)(F)F)c2cc(Cl)c(Cl)cc21.Cc1ccc(S(=O)(=O)[O-])cc1. The average molecular weight is 483 g/mol. The molecular weight excluding hydrogens is 464 g/mol. The van der Waals surface area contributed by atoms with Gasteiger partial charge in [0.05, 0.1) is 21.5 Å². The molecule has 0 atom stereocenters. The van der Waals surface area contributed by atoms with Gasteiger partial charge < -0.3 is 4.55 Å². The molecule has 0 amide bonds. The summed E-state index contributed by atoms with van der Waals surface area (Å²) < 4.78 is 72.1. The number of nitrogens with zero attached hydrogens (tertiary/aromatic N) is 2. The minimum absolute atomic E-state index is 0.178. The Balaban J connectivity index is 0.000000248. The molecule has 30 heavy (non-hydrogen) atoms. The summed E-state index contributed by atoms with van der Waals surface area (Å²) in [6.45, 7) is 4.86. The zero-order valence-corrected chi connectivity index (χ0v) is 18.6. The molecule has 0 unspecified atom stereocenters. The van der Waals surface area contributed by atoms with Crippen LogP contribution in [0.1, 0.15) is 18.3 Å². The first-order valence-corrected chi connectivity index (χ1v) is 10.9. The third kappa shape index (κ3) is 5.87. The second-order valence-corrected chi connectivity index (χ2v) is 8.71. The Hall–Kier alpha value is -1.81. The number of hydrogen-bond donors (Lipinski definition) is 0. The minimum atomic E-state index is -4.28. The Bertz CT molecular complexity index is 1160. The lowest BCUT2D eigenvalue weighted by Gasteiger charge is -2.05. The first-order chi connectivity index (χ1) is 13.7. The molecule has 0 radical (unpaired) electrons. The van der Waals surface area contributed by atoms with Gasteiger partial charge in [0, 0.05) is 19.1 Å². The Morgan fingerprint density at radius 1 is 1.07 bits per heavy atom. The van der Waals surface area contributed by atoms with Gasteiger partial charge in [-0.3, -0.25) is 0 Å². The highest BCUT2D eigenvalue weighted by Gasteiger charge is 2.35. The number of halogens is 5. The van der Waals surface area contributed by atoms with Gasteiger partial charge in [-0.15, -0.1) is 0 Å². The van der Waals surface area contributed by atoms with Gasteiger partial charge in [-0.25, -0.2) is 17.6 Å². The number of fused-ring (bicyclic) bond motifs is 1. The van der Waals surface area contributed by atoms with Gasteiger partial charge in [0.2, 0.25) is 0 Å². The lowest BCUT2D eigenvalue weighted by Crippen LogP contribution is -2.35. The molecule has 0 N–H and O–H groups in total. The smallest absolute Gasteiger partial charge is 0.426 e. The lowest BCUT2D eigenvalue weighted by molar-refractivity contribution is -0.675. The van der Waals surface area contributed by atoms with E-state index in [9.17, 15) is 26.1 Å². The van der Waals surface area contributed by atoms with Crippen LogP contribution in [-0.4, -0.2) is 23.7 Å². The first-order valence-electron chi connectivity index (χ1n) is 8.71. The fourth-order valence-corrected chi connectivity index (χ4v) is 3.72. The molecular formula is C19H19Cl2F3N2O3S. The molecule has 5 nitrogen and oxygen atoms in total. The van der Waals surface area contributed by atoms with E-state index in [0.29, 0.717) is 28.4 Å². The van der Waals surface area contributed by atoms with Gasteiger partial charge in [-0.05, 0) is 26.0 Å². The van der Waals surface area contributed by atoms with Crippen LogP contribution >= 0.6 is 23.2 Å². The van der Waals surface area contributed by atoms with E-state index in [2.05, 4.69) is 0 Å². The molecule has 3 rings (SSSR count). The fraction of sp³-hybridized carbons (Fsp3) is 0.316. The van der Waals surface area contributed by atoms with Crippen LogP contribution in [-0.2, 0) is 23.2 Å². The predicted octanol–water partition coefficient (Wildman–Crippen LogP) is 5.03. The van der Waals surface area contributed by atoms with Gasteiger partial charge in [0.25, 0.3) is 5.82 Å². The molecule has 0 aliphatic rings. The maximum Gasteiger partial charge on any atom is 0.426 e. The third-order valence-electron chi connectivity index (χ3n) is 4.34. The number of hydrogen-bond acceptors (Lipinski definition) is 3. The molecule has 0 bridgehead atoms. The molecule has 2 aromatic carbocycles. The lowest BCUT2D eigenvalue weighted by atomic mass is 10.2. The van der Waals surface area contributed by atoms with Crippen molar-refractivity contribution in [2.75, 3.05) is 0 Å². The predicted molar refractivity (Wildman–Crippen MR) is 108 cm³/mol. The highest BCUT2D eigenvalue weighted by molar-refractivity contribution is 7.85. The van der Waals surface area contributed by atoms with Crippen molar-refractivity contribution in [3.05, 3.63) is 57.8 Å². The van der Waals surface area contributed by atoms with Gasteiger partial charge >= 0.3 is 6.18 Å². The normalized spacial score (nSPS) is 12.0. The summed E-state index contributed by atoms with van der Waals surface area (Å²) in [4.78, 5) is -0.178. The zero-order chi connectivity index (χ0) is 22.9. The number of benzene rings is 2. The molecule has 0 aliphatic heterocycles. The van der Waals surface area contributed by atoms with Gasteiger partial charge in [-0.2, -0.15) is 13.2 Å². The van der Waals surface area contributed by atoms with E-state index in [0.717, 1.165) is 5.56 Å². The van der Waals surface area contributed by atoms with Crippen LogP contribution < -0.4 is 4.57 Å². The van der Waals surface area contributed by atoms with Gasteiger partial charge in [-0.1, -0.05) is 40.9 Å². The summed E-state index contributed by atoms with van der Waals surface area (Å²) in [5.41, 5.74) is 2.02. The summed E-state index contributed by atoms with van der Waals surface area (Å²) >= 11 is 11.8. The van der Waals surface area contributed by atoms with Crippen molar-refractivity contribution < 1.29 is 30.7 Å². The van der Waals surface area contributed by atoms with E-state index in [4.69, 9.17) is 23.2 Å². The summed E-state index contributed by atoms with van der Waals surface area (Å²) in [5.74, 6) is 0.521. The number of aryl methyl sites for hydroxylation is 2. The van der Waals surface area contributed by atoms with E-state index < -0.39 is 22.8 Å². The summed E-state index contributed by atoms with van der Waals surface area (Å²) in [7, 11) is -4.27. The maximum absolute atomic E-state index is 12.7. The van der Waals surface area contributed by atoms with Crippen LogP contribution in [0.4, 0.5) is 13.2 Å². The Morgan fingerprint density at radius 2 is 1.60 bits per heavy atom. The van der Waals surface area contributed by atoms with E-state index in [1.165, 1.54) is 22.8 Å².